The first-order valence-corrected chi connectivity index (χ1v) is 9.50. The molecule has 0 fully saturated rings. The van der Waals surface area contributed by atoms with Crippen molar-refractivity contribution in [2.75, 3.05) is 18.3 Å². The first-order chi connectivity index (χ1) is 14.0. The third kappa shape index (κ3) is 3.93. The van der Waals surface area contributed by atoms with E-state index in [9.17, 15) is 9.18 Å². The summed E-state index contributed by atoms with van der Waals surface area (Å²) in [5.74, 6) is -0.0121. The highest BCUT2D eigenvalue weighted by Crippen LogP contribution is 2.40. The summed E-state index contributed by atoms with van der Waals surface area (Å²) in [5, 5.41) is 4.29. The van der Waals surface area contributed by atoms with E-state index in [1.807, 2.05) is 30.3 Å². The van der Waals surface area contributed by atoms with E-state index < -0.39 is 0 Å². The van der Waals surface area contributed by atoms with E-state index >= 15 is 0 Å². The van der Waals surface area contributed by atoms with Gasteiger partial charge in [0, 0.05) is 34.3 Å². The molecule has 2 aromatic rings. The normalized spacial score (nSPS) is 11.9. The highest BCUT2D eigenvalue weighted by molar-refractivity contribution is 6.27. The molecule has 7 heteroatoms. The Balaban J connectivity index is 1.90. The number of nitrogen functional groups attached to an aromatic ring is 1. The number of halogens is 2. The minimum absolute atomic E-state index is 0.0941. The Hall–Kier alpha value is -3.38. The molecule has 2 aromatic carbocycles. The van der Waals surface area contributed by atoms with Crippen molar-refractivity contribution in [3.8, 4) is 22.5 Å². The highest BCUT2D eigenvalue weighted by Gasteiger charge is 2.18. The fraction of sp³-hybridized carbons (Fsp3) is 0.0909. The van der Waals surface area contributed by atoms with Crippen LogP contribution in [0, 0.1) is 5.82 Å². The van der Waals surface area contributed by atoms with Crippen LogP contribution in [-0.2, 0) is 4.79 Å². The van der Waals surface area contributed by atoms with Gasteiger partial charge in [0.05, 0.1) is 6.07 Å². The number of hydrogen-bond acceptors (Lipinski definition) is 3. The molecule has 4 rings (SSSR count). The van der Waals surface area contributed by atoms with Crippen LogP contribution in [0.1, 0.15) is 0 Å². The molecule has 29 heavy (non-hydrogen) atoms. The van der Waals surface area contributed by atoms with E-state index in [1.165, 1.54) is 12.1 Å². The van der Waals surface area contributed by atoms with Gasteiger partial charge in [-0.25, -0.2) is 9.38 Å². The summed E-state index contributed by atoms with van der Waals surface area (Å²) in [4.78, 5) is 14.4. The molecule has 0 spiro atoms. The van der Waals surface area contributed by atoms with Crippen LogP contribution in [0.4, 0.5) is 10.1 Å². The minimum Gasteiger partial charge on any atom is -0.456 e. The van der Waals surface area contributed by atoms with E-state index in [2.05, 4.69) is 10.3 Å². The fourth-order valence-corrected chi connectivity index (χ4v) is 3.33. The summed E-state index contributed by atoms with van der Waals surface area (Å²) < 4.78 is 19.6. The van der Waals surface area contributed by atoms with Crippen molar-refractivity contribution < 1.29 is 18.6 Å². The van der Waals surface area contributed by atoms with Crippen LogP contribution in [0.3, 0.4) is 0 Å². The molecule has 0 bridgehead atoms. The molecular weight excluding hydrogens is 393 g/mol. The lowest BCUT2D eigenvalue weighted by Gasteiger charge is -2.15. The van der Waals surface area contributed by atoms with Crippen molar-refractivity contribution in [2.24, 2.45) is 0 Å². The van der Waals surface area contributed by atoms with E-state index in [4.69, 9.17) is 21.8 Å². The van der Waals surface area contributed by atoms with Gasteiger partial charge >= 0.3 is 0 Å². The molecule has 1 amide bonds. The molecule has 146 valence electrons. The zero-order valence-corrected chi connectivity index (χ0v) is 16.1. The van der Waals surface area contributed by atoms with Gasteiger partial charge in [0.25, 0.3) is 0 Å². The Bertz CT molecular complexity index is 1240. The van der Waals surface area contributed by atoms with Crippen molar-refractivity contribution in [3.05, 3.63) is 71.8 Å². The number of carbonyl (C=O) groups is 1. The molecule has 2 aliphatic rings. The predicted molar refractivity (Wildman–Crippen MR) is 110 cm³/mol. The number of alkyl halides is 1. The second-order valence-electron chi connectivity index (χ2n) is 6.54. The van der Waals surface area contributed by atoms with E-state index in [0.29, 0.717) is 17.0 Å². The zero-order chi connectivity index (χ0) is 20.4. The lowest BCUT2D eigenvalue weighted by atomic mass is 9.93. The van der Waals surface area contributed by atoms with Crippen LogP contribution in [0.15, 0.2) is 65.1 Å². The lowest BCUT2D eigenvalue weighted by Crippen LogP contribution is -2.80. The fourth-order valence-electron chi connectivity index (χ4n) is 3.24. The van der Waals surface area contributed by atoms with Crippen LogP contribution < -0.4 is 21.4 Å². The Morgan fingerprint density at radius 3 is 2.66 bits per heavy atom. The summed E-state index contributed by atoms with van der Waals surface area (Å²) in [7, 11) is 0. The number of rotatable bonds is 4. The third-order valence-electron chi connectivity index (χ3n) is 4.58. The lowest BCUT2D eigenvalue weighted by molar-refractivity contribution is -0.503. The molecule has 1 aliphatic carbocycles. The van der Waals surface area contributed by atoms with Gasteiger partial charge in [-0.15, -0.1) is 11.6 Å². The van der Waals surface area contributed by atoms with Crippen LogP contribution in [0.2, 0.25) is 0 Å². The van der Waals surface area contributed by atoms with Gasteiger partial charge in [0.15, 0.2) is 0 Å². The molecule has 4 N–H and O–H groups in total. The minimum atomic E-state index is -0.294. The molecule has 0 saturated carbocycles. The van der Waals surface area contributed by atoms with E-state index in [-0.39, 0.29) is 24.3 Å². The van der Waals surface area contributed by atoms with Crippen LogP contribution in [0.25, 0.3) is 33.4 Å². The number of nitrogens with one attached hydrogen (secondary N) is 2. The number of amides is 1. The van der Waals surface area contributed by atoms with E-state index in [1.54, 1.807) is 18.2 Å². The summed E-state index contributed by atoms with van der Waals surface area (Å²) in [6.07, 6.45) is 0. The van der Waals surface area contributed by atoms with Crippen LogP contribution in [-0.4, -0.2) is 18.5 Å². The highest BCUT2D eigenvalue weighted by atomic mass is 35.5. The molecule has 0 aromatic heterocycles. The van der Waals surface area contributed by atoms with Crippen LogP contribution >= 0.6 is 11.6 Å². The number of fused-ring (bicyclic) bond motifs is 2. The number of carbonyl (C=O) groups excluding carboxylic acids is 1. The summed E-state index contributed by atoms with van der Waals surface area (Å²) >= 11 is 5.48. The van der Waals surface area contributed by atoms with Crippen molar-refractivity contribution in [3.63, 3.8) is 0 Å². The standard InChI is InChI=1S/C22H17ClFN3O2/c23-11-21(28)27-12-26-16-6-8-18-20(10-16)29-19-9-15(25)5-7-17(19)22(18)13-1-3-14(24)4-2-13/h1-10H,11-12,25H2,(H,27,28)/p+1. The Morgan fingerprint density at radius 1 is 1.10 bits per heavy atom. The van der Waals surface area contributed by atoms with Gasteiger partial charge < -0.3 is 15.5 Å². The first kappa shape index (κ1) is 19.0. The first-order valence-electron chi connectivity index (χ1n) is 8.97. The maximum atomic E-state index is 13.5. The SMILES string of the molecule is Nc1ccc2c(-c3ccc(F)cc3)c3ccc(=[NH+]CNC(=O)CCl)cc-3oc2c1. The van der Waals surface area contributed by atoms with Crippen molar-refractivity contribution in [1.29, 1.82) is 0 Å². The summed E-state index contributed by atoms with van der Waals surface area (Å²) in [6.45, 7) is 0.239. The number of nitrogens with two attached hydrogens (primary N) is 1. The molecule has 0 atom stereocenters. The maximum absolute atomic E-state index is 13.5. The Labute approximate surface area is 171 Å². The van der Waals surface area contributed by atoms with Gasteiger partial charge in [-0.3, -0.25) is 4.79 Å². The number of benzene rings is 3. The zero-order valence-electron chi connectivity index (χ0n) is 15.3. The monoisotopic (exact) mass is 410 g/mol. The number of anilines is 1. The molecule has 0 radical (unpaired) electrons. The van der Waals surface area contributed by atoms with Crippen LogP contribution in [0.5, 0.6) is 0 Å². The smallest absolute Gasteiger partial charge is 0.239 e. The topological polar surface area (TPSA) is 82.2 Å². The molecule has 1 heterocycles. The summed E-state index contributed by atoms with van der Waals surface area (Å²) in [6, 6.07) is 17.5. The third-order valence-corrected chi connectivity index (χ3v) is 4.82. The Morgan fingerprint density at radius 2 is 1.90 bits per heavy atom. The number of hydrogen-bond donors (Lipinski definition) is 3. The Kier molecular flexibility index (Phi) is 5.18. The van der Waals surface area contributed by atoms with Crippen molar-refractivity contribution in [2.45, 2.75) is 0 Å². The average Bonchev–Trinajstić information content (AvgIpc) is 2.72. The second-order valence-corrected chi connectivity index (χ2v) is 6.80. The van der Waals surface area contributed by atoms with Gasteiger partial charge in [0.1, 0.15) is 23.0 Å². The molecule has 5 nitrogen and oxygen atoms in total. The van der Waals surface area contributed by atoms with Crippen molar-refractivity contribution in [1.82, 2.24) is 5.32 Å². The van der Waals surface area contributed by atoms with E-state index in [0.717, 1.165) is 27.4 Å². The van der Waals surface area contributed by atoms with Gasteiger partial charge in [-0.1, -0.05) is 12.1 Å². The van der Waals surface area contributed by atoms with Crippen molar-refractivity contribution >= 4 is 34.2 Å². The molecular formula is C22H18ClFN3O2+. The van der Waals surface area contributed by atoms with Gasteiger partial charge in [0.2, 0.25) is 17.9 Å². The predicted octanol–water partition coefficient (Wildman–Crippen LogP) is 2.22. The summed E-state index contributed by atoms with van der Waals surface area (Å²) in [5.41, 5.74) is 9.84. The average molecular weight is 411 g/mol. The second kappa shape index (κ2) is 7.93. The largest absolute Gasteiger partial charge is 0.456 e. The van der Waals surface area contributed by atoms with Gasteiger partial charge in [-0.2, -0.15) is 0 Å². The quantitative estimate of drug-likeness (QED) is 0.209. The maximum Gasteiger partial charge on any atom is 0.239 e. The molecule has 1 aliphatic heterocycles. The van der Waals surface area contributed by atoms with Gasteiger partial charge in [-0.05, 0) is 35.9 Å². The molecule has 0 saturated heterocycles. The molecule has 0 unspecified atom stereocenters.